The van der Waals surface area contributed by atoms with Gasteiger partial charge in [0, 0.05) is 5.56 Å². The second-order valence-corrected chi connectivity index (χ2v) is 5.37. The van der Waals surface area contributed by atoms with Crippen LogP contribution in [0.4, 0.5) is 4.39 Å². The van der Waals surface area contributed by atoms with Crippen molar-refractivity contribution in [1.82, 2.24) is 14.9 Å². The van der Waals surface area contributed by atoms with Gasteiger partial charge in [0.15, 0.2) is 0 Å². The van der Waals surface area contributed by atoms with Gasteiger partial charge in [-0.2, -0.15) is 0 Å². The Hall–Kier alpha value is -1.33. The van der Waals surface area contributed by atoms with Gasteiger partial charge >= 0.3 is 0 Å². The first-order valence-electron chi connectivity index (χ1n) is 6.41. The lowest BCUT2D eigenvalue weighted by Gasteiger charge is -2.17. The van der Waals surface area contributed by atoms with Crippen molar-refractivity contribution in [2.24, 2.45) is 0 Å². The molecule has 1 atom stereocenters. The normalized spacial score (nSPS) is 12.6. The van der Waals surface area contributed by atoms with Gasteiger partial charge < -0.3 is 5.32 Å². The smallest absolute Gasteiger partial charge is 0.128 e. The predicted molar refractivity (Wildman–Crippen MR) is 75.9 cm³/mol. The summed E-state index contributed by atoms with van der Waals surface area (Å²) in [4.78, 5) is 1.01. The molecule has 19 heavy (non-hydrogen) atoms. The van der Waals surface area contributed by atoms with Crippen LogP contribution in [0.15, 0.2) is 18.2 Å². The standard InChI is InChI=1S/C14H18FN3S/c1-4-5-12-14(19-18-17-12)13(16-3)10-8-9(2)6-7-11(10)15/h6-8,13,16H,4-5H2,1-3H3. The molecule has 1 aromatic heterocycles. The first kappa shape index (κ1) is 14.1. The summed E-state index contributed by atoms with van der Waals surface area (Å²) in [5, 5.41) is 7.34. The van der Waals surface area contributed by atoms with Crippen molar-refractivity contribution in [3.05, 3.63) is 45.7 Å². The predicted octanol–water partition coefficient (Wildman–Crippen LogP) is 3.25. The molecule has 0 aliphatic rings. The summed E-state index contributed by atoms with van der Waals surface area (Å²) in [5.74, 6) is -0.194. The Morgan fingerprint density at radius 2 is 2.21 bits per heavy atom. The highest BCUT2D eigenvalue weighted by Crippen LogP contribution is 2.29. The van der Waals surface area contributed by atoms with E-state index in [0.29, 0.717) is 5.56 Å². The van der Waals surface area contributed by atoms with E-state index in [1.807, 2.05) is 20.0 Å². The molecule has 5 heteroatoms. The van der Waals surface area contributed by atoms with Gasteiger partial charge in [-0.15, -0.1) is 5.10 Å². The summed E-state index contributed by atoms with van der Waals surface area (Å²) >= 11 is 1.34. The average Bonchev–Trinajstić information content (AvgIpc) is 2.83. The van der Waals surface area contributed by atoms with E-state index in [1.165, 1.54) is 17.6 Å². The summed E-state index contributed by atoms with van der Waals surface area (Å²) in [5.41, 5.74) is 2.67. The number of nitrogens with one attached hydrogen (secondary N) is 1. The fourth-order valence-electron chi connectivity index (χ4n) is 2.16. The number of aromatic nitrogens is 2. The van der Waals surface area contributed by atoms with Gasteiger partial charge in [-0.25, -0.2) is 4.39 Å². The number of halogens is 1. The SMILES string of the molecule is CCCc1nnsc1C(NC)c1cc(C)ccc1F. The highest BCUT2D eigenvalue weighted by molar-refractivity contribution is 7.05. The van der Waals surface area contributed by atoms with E-state index in [2.05, 4.69) is 21.8 Å². The number of benzene rings is 1. The van der Waals surface area contributed by atoms with Crippen molar-refractivity contribution < 1.29 is 4.39 Å². The Morgan fingerprint density at radius 3 is 2.89 bits per heavy atom. The van der Waals surface area contributed by atoms with Crippen LogP contribution in [0.5, 0.6) is 0 Å². The Morgan fingerprint density at radius 1 is 1.42 bits per heavy atom. The van der Waals surface area contributed by atoms with Gasteiger partial charge in [-0.3, -0.25) is 0 Å². The molecule has 0 amide bonds. The van der Waals surface area contributed by atoms with Crippen molar-refractivity contribution in [3.63, 3.8) is 0 Å². The molecule has 0 fully saturated rings. The van der Waals surface area contributed by atoms with Crippen LogP contribution in [-0.2, 0) is 6.42 Å². The molecule has 102 valence electrons. The minimum Gasteiger partial charge on any atom is -0.308 e. The Labute approximate surface area is 117 Å². The Balaban J connectivity index is 2.44. The quantitative estimate of drug-likeness (QED) is 0.913. The maximum Gasteiger partial charge on any atom is 0.128 e. The van der Waals surface area contributed by atoms with E-state index in [0.717, 1.165) is 29.0 Å². The van der Waals surface area contributed by atoms with Crippen molar-refractivity contribution in [2.45, 2.75) is 32.7 Å². The zero-order valence-corrected chi connectivity index (χ0v) is 12.2. The fourth-order valence-corrected chi connectivity index (χ4v) is 2.98. The highest BCUT2D eigenvalue weighted by Gasteiger charge is 2.22. The second kappa shape index (κ2) is 6.21. The first-order chi connectivity index (χ1) is 9.17. The minimum atomic E-state index is -0.194. The van der Waals surface area contributed by atoms with E-state index >= 15 is 0 Å². The van der Waals surface area contributed by atoms with Crippen LogP contribution >= 0.6 is 11.5 Å². The third kappa shape index (κ3) is 2.98. The molecule has 0 saturated heterocycles. The molecule has 0 aliphatic carbocycles. The van der Waals surface area contributed by atoms with Crippen LogP contribution in [0.2, 0.25) is 0 Å². The molecular formula is C14H18FN3S. The van der Waals surface area contributed by atoms with Gasteiger partial charge in [0.25, 0.3) is 0 Å². The summed E-state index contributed by atoms with van der Waals surface area (Å²) in [6, 6.07) is 5.00. The van der Waals surface area contributed by atoms with Gasteiger partial charge in [-0.1, -0.05) is 35.5 Å². The third-order valence-electron chi connectivity index (χ3n) is 3.09. The number of rotatable bonds is 5. The van der Waals surface area contributed by atoms with Gasteiger partial charge in [0.1, 0.15) is 5.82 Å². The molecule has 3 nitrogen and oxygen atoms in total. The summed E-state index contributed by atoms with van der Waals surface area (Å²) in [7, 11) is 1.84. The highest BCUT2D eigenvalue weighted by atomic mass is 32.1. The maximum atomic E-state index is 14.0. The average molecular weight is 279 g/mol. The van der Waals surface area contributed by atoms with E-state index < -0.39 is 0 Å². The van der Waals surface area contributed by atoms with Crippen LogP contribution in [-0.4, -0.2) is 16.6 Å². The van der Waals surface area contributed by atoms with E-state index in [4.69, 9.17) is 0 Å². The van der Waals surface area contributed by atoms with Crippen LogP contribution in [0.1, 0.15) is 41.1 Å². The summed E-state index contributed by atoms with van der Waals surface area (Å²) < 4.78 is 18.1. The summed E-state index contributed by atoms with van der Waals surface area (Å²) in [6.45, 7) is 4.07. The van der Waals surface area contributed by atoms with E-state index in [-0.39, 0.29) is 11.9 Å². The Kier molecular flexibility index (Phi) is 4.61. The van der Waals surface area contributed by atoms with Crippen molar-refractivity contribution >= 4 is 11.5 Å². The maximum absolute atomic E-state index is 14.0. The molecule has 1 N–H and O–H groups in total. The Bertz CT molecular complexity index is 553. The third-order valence-corrected chi connectivity index (χ3v) is 3.92. The number of aryl methyl sites for hydroxylation is 2. The zero-order chi connectivity index (χ0) is 13.8. The zero-order valence-electron chi connectivity index (χ0n) is 11.4. The van der Waals surface area contributed by atoms with Crippen molar-refractivity contribution in [1.29, 1.82) is 0 Å². The van der Waals surface area contributed by atoms with Crippen molar-refractivity contribution in [2.75, 3.05) is 7.05 Å². The molecule has 0 saturated carbocycles. The molecule has 0 radical (unpaired) electrons. The van der Waals surface area contributed by atoms with Crippen LogP contribution in [0.25, 0.3) is 0 Å². The van der Waals surface area contributed by atoms with Crippen LogP contribution in [0, 0.1) is 12.7 Å². The number of hydrogen-bond donors (Lipinski definition) is 1. The molecular weight excluding hydrogens is 261 g/mol. The first-order valence-corrected chi connectivity index (χ1v) is 7.19. The largest absolute Gasteiger partial charge is 0.308 e. The molecule has 0 bridgehead atoms. The minimum absolute atomic E-state index is 0.179. The molecule has 2 rings (SSSR count). The van der Waals surface area contributed by atoms with Crippen LogP contribution < -0.4 is 5.32 Å². The second-order valence-electron chi connectivity index (χ2n) is 4.58. The molecule has 1 heterocycles. The molecule has 0 aliphatic heterocycles. The van der Waals surface area contributed by atoms with E-state index in [1.54, 1.807) is 6.07 Å². The molecule has 0 spiro atoms. The lowest BCUT2D eigenvalue weighted by atomic mass is 10.0. The lowest BCUT2D eigenvalue weighted by Crippen LogP contribution is -2.19. The topological polar surface area (TPSA) is 37.8 Å². The lowest BCUT2D eigenvalue weighted by molar-refractivity contribution is 0.576. The van der Waals surface area contributed by atoms with Crippen LogP contribution in [0.3, 0.4) is 0 Å². The van der Waals surface area contributed by atoms with Gasteiger partial charge in [-0.05, 0) is 38.0 Å². The molecule has 1 aromatic carbocycles. The van der Waals surface area contributed by atoms with Gasteiger partial charge in [0.05, 0.1) is 16.6 Å². The molecule has 1 unspecified atom stereocenters. The van der Waals surface area contributed by atoms with E-state index in [9.17, 15) is 4.39 Å². The van der Waals surface area contributed by atoms with Crippen molar-refractivity contribution in [3.8, 4) is 0 Å². The monoisotopic (exact) mass is 279 g/mol. The van der Waals surface area contributed by atoms with Gasteiger partial charge in [0.2, 0.25) is 0 Å². The summed E-state index contributed by atoms with van der Waals surface area (Å²) in [6.07, 6.45) is 1.88. The fraction of sp³-hybridized carbons (Fsp3) is 0.429. The molecule has 2 aromatic rings. The number of hydrogen-bond acceptors (Lipinski definition) is 4. The number of nitrogens with zero attached hydrogens (tertiary/aromatic N) is 2.